The third kappa shape index (κ3) is 2.94. The molecule has 18 heavy (non-hydrogen) atoms. The zero-order valence-corrected chi connectivity index (χ0v) is 11.3. The molecule has 0 N–H and O–H groups in total. The lowest BCUT2D eigenvalue weighted by Crippen LogP contribution is -2.29. The van der Waals surface area contributed by atoms with Gasteiger partial charge in [0, 0.05) is 12.3 Å². The number of ether oxygens (including phenoxy) is 2. The van der Waals surface area contributed by atoms with Gasteiger partial charge < -0.3 is 9.47 Å². The highest BCUT2D eigenvalue weighted by molar-refractivity contribution is 5.81. The smallest absolute Gasteiger partial charge is 0.138 e. The van der Waals surface area contributed by atoms with E-state index in [9.17, 15) is 4.79 Å². The highest BCUT2D eigenvalue weighted by Gasteiger charge is 2.43. The van der Waals surface area contributed by atoms with E-state index in [1.54, 1.807) is 0 Å². The van der Waals surface area contributed by atoms with Crippen LogP contribution >= 0.6 is 0 Å². The van der Waals surface area contributed by atoms with E-state index in [-0.39, 0.29) is 5.92 Å². The van der Waals surface area contributed by atoms with Crippen molar-refractivity contribution in [3.63, 3.8) is 0 Å². The van der Waals surface area contributed by atoms with Crippen molar-refractivity contribution in [2.24, 2.45) is 11.8 Å². The fourth-order valence-electron chi connectivity index (χ4n) is 3.44. The molecule has 0 radical (unpaired) electrons. The first kappa shape index (κ1) is 12.6. The second-order valence-electron chi connectivity index (χ2n) is 6.32. The van der Waals surface area contributed by atoms with Crippen LogP contribution in [0.4, 0.5) is 0 Å². The Labute approximate surface area is 109 Å². The van der Waals surface area contributed by atoms with Crippen LogP contribution in [0.25, 0.3) is 0 Å². The second kappa shape index (κ2) is 5.30. The van der Waals surface area contributed by atoms with Gasteiger partial charge in [-0.1, -0.05) is 0 Å². The molecule has 3 rings (SSSR count). The molecule has 3 nitrogen and oxygen atoms in total. The summed E-state index contributed by atoms with van der Waals surface area (Å²) in [5.74, 6) is 1.33. The predicted octanol–water partition coefficient (Wildman–Crippen LogP) is 2.72. The van der Waals surface area contributed by atoms with Crippen molar-refractivity contribution in [1.82, 2.24) is 0 Å². The van der Waals surface area contributed by atoms with Gasteiger partial charge in [0.2, 0.25) is 0 Å². The number of hydrogen-bond acceptors (Lipinski definition) is 3. The van der Waals surface area contributed by atoms with Crippen LogP contribution in [0.2, 0.25) is 0 Å². The first-order valence-electron chi connectivity index (χ1n) is 7.52. The summed E-state index contributed by atoms with van der Waals surface area (Å²) in [6.07, 6.45) is 9.01. The third-order valence-corrected chi connectivity index (χ3v) is 4.87. The van der Waals surface area contributed by atoms with E-state index in [0.717, 1.165) is 31.6 Å². The summed E-state index contributed by atoms with van der Waals surface area (Å²) in [6.45, 7) is 2.74. The van der Waals surface area contributed by atoms with E-state index in [1.165, 1.54) is 19.3 Å². The molecule has 3 aliphatic rings. The molecular weight excluding hydrogens is 228 g/mol. The lowest BCUT2D eigenvalue weighted by Gasteiger charge is -2.26. The van der Waals surface area contributed by atoms with E-state index < -0.39 is 0 Å². The Morgan fingerprint density at radius 2 is 2.06 bits per heavy atom. The minimum absolute atomic E-state index is 0.176. The number of Topliss-reactive ketones (excluding diaryl/α,β-unsaturated/α-hetero) is 1. The molecule has 3 fully saturated rings. The van der Waals surface area contributed by atoms with Gasteiger partial charge in [-0.15, -0.1) is 0 Å². The maximum atomic E-state index is 12.1. The van der Waals surface area contributed by atoms with Crippen molar-refractivity contribution in [2.75, 3.05) is 6.61 Å². The number of fused-ring (bicyclic) bond motifs is 1. The number of carbonyl (C=O) groups excluding carboxylic acids is 1. The Balaban J connectivity index is 1.38. The second-order valence-corrected chi connectivity index (χ2v) is 6.32. The quantitative estimate of drug-likeness (QED) is 0.722. The summed E-state index contributed by atoms with van der Waals surface area (Å²) in [5, 5.41) is 0. The monoisotopic (exact) mass is 252 g/mol. The van der Waals surface area contributed by atoms with Crippen molar-refractivity contribution < 1.29 is 14.3 Å². The summed E-state index contributed by atoms with van der Waals surface area (Å²) in [7, 11) is 0. The maximum absolute atomic E-state index is 12.1. The first-order chi connectivity index (χ1) is 8.72. The van der Waals surface area contributed by atoms with E-state index in [0.29, 0.717) is 30.7 Å². The molecule has 5 atom stereocenters. The molecule has 1 saturated carbocycles. The largest absolute Gasteiger partial charge is 0.378 e. The van der Waals surface area contributed by atoms with Crippen molar-refractivity contribution in [3.05, 3.63) is 0 Å². The summed E-state index contributed by atoms with van der Waals surface area (Å²) in [4.78, 5) is 12.1. The Morgan fingerprint density at radius 3 is 2.78 bits per heavy atom. The predicted molar refractivity (Wildman–Crippen MR) is 68.4 cm³/mol. The molecule has 0 spiro atoms. The van der Waals surface area contributed by atoms with Crippen molar-refractivity contribution >= 4 is 5.78 Å². The number of ketones is 1. The normalized spacial score (nSPS) is 43.3. The van der Waals surface area contributed by atoms with Crippen LogP contribution in [-0.4, -0.2) is 30.7 Å². The van der Waals surface area contributed by atoms with Crippen LogP contribution < -0.4 is 0 Å². The fraction of sp³-hybridized carbons (Fsp3) is 0.933. The molecule has 5 unspecified atom stereocenters. The molecule has 1 aliphatic carbocycles. The summed E-state index contributed by atoms with van der Waals surface area (Å²) < 4.78 is 11.1. The van der Waals surface area contributed by atoms with Crippen molar-refractivity contribution in [2.45, 2.75) is 70.2 Å². The Morgan fingerprint density at radius 1 is 1.17 bits per heavy atom. The van der Waals surface area contributed by atoms with Gasteiger partial charge >= 0.3 is 0 Å². The number of carbonyl (C=O) groups is 1. The number of epoxide rings is 1. The van der Waals surface area contributed by atoms with Crippen LogP contribution in [0.3, 0.4) is 0 Å². The minimum Gasteiger partial charge on any atom is -0.378 e. The molecule has 0 bridgehead atoms. The fourth-order valence-corrected chi connectivity index (χ4v) is 3.44. The Bertz CT molecular complexity index is 307. The van der Waals surface area contributed by atoms with E-state index in [2.05, 4.69) is 6.92 Å². The average Bonchev–Trinajstić information content (AvgIpc) is 3.15. The van der Waals surface area contributed by atoms with Gasteiger partial charge in [-0.25, -0.2) is 0 Å². The van der Waals surface area contributed by atoms with E-state index in [4.69, 9.17) is 9.47 Å². The zero-order valence-electron chi connectivity index (χ0n) is 11.3. The van der Waals surface area contributed by atoms with Crippen LogP contribution in [0.5, 0.6) is 0 Å². The van der Waals surface area contributed by atoms with Gasteiger partial charge in [-0.3, -0.25) is 4.79 Å². The molecule has 0 aromatic heterocycles. The first-order valence-corrected chi connectivity index (χ1v) is 7.52. The highest BCUT2D eigenvalue weighted by atomic mass is 16.6. The summed E-state index contributed by atoms with van der Waals surface area (Å²) in [6, 6.07) is 0. The van der Waals surface area contributed by atoms with E-state index >= 15 is 0 Å². The molecule has 2 aliphatic heterocycles. The van der Waals surface area contributed by atoms with Gasteiger partial charge in [-0.2, -0.15) is 0 Å². The molecule has 0 amide bonds. The molecule has 102 valence electrons. The number of hydrogen-bond donors (Lipinski definition) is 0. The van der Waals surface area contributed by atoms with Crippen LogP contribution in [0.1, 0.15) is 51.9 Å². The van der Waals surface area contributed by atoms with Crippen LogP contribution in [0, 0.1) is 11.8 Å². The van der Waals surface area contributed by atoms with Crippen LogP contribution in [0.15, 0.2) is 0 Å². The zero-order chi connectivity index (χ0) is 12.5. The molecule has 2 saturated heterocycles. The van der Waals surface area contributed by atoms with Gasteiger partial charge in [-0.05, 0) is 51.4 Å². The minimum atomic E-state index is 0.176. The molecule has 3 heteroatoms. The Kier molecular flexibility index (Phi) is 3.71. The van der Waals surface area contributed by atoms with E-state index in [1.807, 2.05) is 0 Å². The summed E-state index contributed by atoms with van der Waals surface area (Å²) in [5.41, 5.74) is 0. The SMILES string of the molecule is CC1CCC(C(=O)CCC2CCC3OC3C2)CO1. The molecule has 0 aromatic carbocycles. The number of rotatable bonds is 4. The van der Waals surface area contributed by atoms with Gasteiger partial charge in [0.15, 0.2) is 0 Å². The van der Waals surface area contributed by atoms with Gasteiger partial charge in [0.05, 0.1) is 24.9 Å². The van der Waals surface area contributed by atoms with Crippen molar-refractivity contribution in [1.29, 1.82) is 0 Å². The van der Waals surface area contributed by atoms with Crippen LogP contribution in [-0.2, 0) is 14.3 Å². The average molecular weight is 252 g/mol. The van der Waals surface area contributed by atoms with Crippen molar-refractivity contribution in [3.8, 4) is 0 Å². The highest BCUT2D eigenvalue weighted by Crippen LogP contribution is 2.41. The lowest BCUT2D eigenvalue weighted by molar-refractivity contribution is -0.129. The van der Waals surface area contributed by atoms with Gasteiger partial charge in [0.1, 0.15) is 5.78 Å². The summed E-state index contributed by atoms with van der Waals surface area (Å²) >= 11 is 0. The topological polar surface area (TPSA) is 38.8 Å². The Hall–Kier alpha value is -0.410. The maximum Gasteiger partial charge on any atom is 0.138 e. The lowest BCUT2D eigenvalue weighted by atomic mass is 9.84. The molecule has 2 heterocycles. The van der Waals surface area contributed by atoms with Gasteiger partial charge in [0.25, 0.3) is 0 Å². The third-order valence-electron chi connectivity index (χ3n) is 4.87. The molecular formula is C15H24O3. The standard InChI is InChI=1S/C15H24O3/c1-10-2-5-12(9-17-10)13(16)6-3-11-4-7-14-15(8-11)18-14/h10-12,14-15H,2-9H2,1H3. The molecule has 0 aromatic rings.